The van der Waals surface area contributed by atoms with Gasteiger partial charge in [-0.3, -0.25) is 0 Å². The van der Waals surface area contributed by atoms with Crippen molar-refractivity contribution in [3.63, 3.8) is 0 Å². The van der Waals surface area contributed by atoms with Crippen LogP contribution in [0.1, 0.15) is 52.2 Å². The van der Waals surface area contributed by atoms with Gasteiger partial charge in [0.1, 0.15) is 0 Å². The van der Waals surface area contributed by atoms with Gasteiger partial charge < -0.3 is 5.73 Å². The van der Waals surface area contributed by atoms with E-state index in [2.05, 4.69) is 58.9 Å². The lowest BCUT2D eigenvalue weighted by atomic mass is 9.81. The second-order valence-electron chi connectivity index (χ2n) is 6.10. The Morgan fingerprint density at radius 2 is 1.50 bits per heavy atom. The summed E-state index contributed by atoms with van der Waals surface area (Å²) < 4.78 is 0. The van der Waals surface area contributed by atoms with Crippen LogP contribution in [-0.4, -0.2) is 5.54 Å². The number of rotatable bonds is 4. The molecule has 1 nitrogen and oxygen atoms in total. The summed E-state index contributed by atoms with van der Waals surface area (Å²) in [7, 11) is 0. The summed E-state index contributed by atoms with van der Waals surface area (Å²) in [4.78, 5) is 0. The summed E-state index contributed by atoms with van der Waals surface area (Å²) in [6.45, 7) is 10.9. The van der Waals surface area contributed by atoms with Crippen LogP contribution in [0.4, 0.5) is 0 Å². The Labute approximate surface area is 100 Å². The van der Waals surface area contributed by atoms with Crippen LogP contribution in [0.5, 0.6) is 0 Å². The van der Waals surface area contributed by atoms with E-state index in [0.717, 1.165) is 12.8 Å². The predicted octanol–water partition coefficient (Wildman–Crippen LogP) is 3.65. The third-order valence-corrected chi connectivity index (χ3v) is 3.28. The Morgan fingerprint density at radius 3 is 1.88 bits per heavy atom. The zero-order valence-corrected chi connectivity index (χ0v) is 11.3. The Balaban J connectivity index is 2.84. The van der Waals surface area contributed by atoms with Crippen molar-refractivity contribution in [3.05, 3.63) is 35.4 Å². The lowest BCUT2D eigenvalue weighted by molar-refractivity contribution is 0.503. The van der Waals surface area contributed by atoms with Gasteiger partial charge in [-0.05, 0) is 43.2 Å². The molecule has 0 aliphatic carbocycles. The fraction of sp³-hybridized carbons (Fsp3) is 0.600. The minimum absolute atomic E-state index is 0.123. The number of benzene rings is 1. The third-order valence-electron chi connectivity index (χ3n) is 3.28. The third kappa shape index (κ3) is 3.64. The van der Waals surface area contributed by atoms with E-state index < -0.39 is 0 Å². The van der Waals surface area contributed by atoms with E-state index in [1.807, 2.05) is 0 Å². The SMILES string of the molecule is CCC(C)(C)c1ccc(CC(C)(C)N)cc1. The van der Waals surface area contributed by atoms with Crippen LogP contribution < -0.4 is 5.73 Å². The molecule has 0 heterocycles. The van der Waals surface area contributed by atoms with Crippen LogP contribution in [0, 0.1) is 0 Å². The lowest BCUT2D eigenvalue weighted by Crippen LogP contribution is -2.34. The van der Waals surface area contributed by atoms with E-state index >= 15 is 0 Å². The molecule has 2 N–H and O–H groups in total. The second kappa shape index (κ2) is 4.58. The van der Waals surface area contributed by atoms with Crippen LogP contribution in [-0.2, 0) is 11.8 Å². The molecule has 0 fully saturated rings. The number of hydrogen-bond acceptors (Lipinski definition) is 1. The van der Waals surface area contributed by atoms with Crippen LogP contribution in [0.25, 0.3) is 0 Å². The molecule has 1 heteroatoms. The Morgan fingerprint density at radius 1 is 1.00 bits per heavy atom. The van der Waals surface area contributed by atoms with Gasteiger partial charge in [0.25, 0.3) is 0 Å². The maximum Gasteiger partial charge on any atom is 0.0138 e. The molecule has 0 aliphatic heterocycles. The maximum absolute atomic E-state index is 6.02. The molecule has 1 rings (SSSR count). The van der Waals surface area contributed by atoms with Gasteiger partial charge in [0.2, 0.25) is 0 Å². The Bertz CT molecular complexity index is 327. The zero-order chi connectivity index (χ0) is 12.4. The van der Waals surface area contributed by atoms with Gasteiger partial charge in [0.05, 0.1) is 0 Å². The van der Waals surface area contributed by atoms with E-state index in [4.69, 9.17) is 5.73 Å². The normalized spacial score (nSPS) is 12.9. The number of nitrogens with two attached hydrogens (primary N) is 1. The quantitative estimate of drug-likeness (QED) is 0.822. The highest BCUT2D eigenvalue weighted by Crippen LogP contribution is 2.27. The first-order valence-electron chi connectivity index (χ1n) is 6.13. The molecule has 0 aromatic heterocycles. The largest absolute Gasteiger partial charge is 0.325 e. The van der Waals surface area contributed by atoms with E-state index in [9.17, 15) is 0 Å². The van der Waals surface area contributed by atoms with Crippen LogP contribution in [0.3, 0.4) is 0 Å². The minimum atomic E-state index is -0.123. The fourth-order valence-corrected chi connectivity index (χ4v) is 1.80. The van der Waals surface area contributed by atoms with Gasteiger partial charge in [-0.1, -0.05) is 45.0 Å². The molecule has 1 aromatic carbocycles. The van der Waals surface area contributed by atoms with Crippen molar-refractivity contribution in [2.24, 2.45) is 5.73 Å². The maximum atomic E-state index is 6.02. The first-order valence-corrected chi connectivity index (χ1v) is 6.13. The molecular weight excluding hydrogens is 194 g/mol. The van der Waals surface area contributed by atoms with Crippen molar-refractivity contribution in [1.29, 1.82) is 0 Å². The molecule has 0 bridgehead atoms. The summed E-state index contributed by atoms with van der Waals surface area (Å²) in [6.07, 6.45) is 2.09. The smallest absolute Gasteiger partial charge is 0.0138 e. The molecular formula is C15H25N. The van der Waals surface area contributed by atoms with Crippen molar-refractivity contribution >= 4 is 0 Å². The molecule has 0 aliphatic rings. The molecule has 0 radical (unpaired) electrons. The molecule has 1 aromatic rings. The Hall–Kier alpha value is -0.820. The highest BCUT2D eigenvalue weighted by molar-refractivity contribution is 5.28. The molecule has 0 unspecified atom stereocenters. The molecule has 0 amide bonds. The van der Waals surface area contributed by atoms with Gasteiger partial charge in [0.15, 0.2) is 0 Å². The highest BCUT2D eigenvalue weighted by atomic mass is 14.7. The summed E-state index contributed by atoms with van der Waals surface area (Å²) >= 11 is 0. The average Bonchev–Trinajstić information content (AvgIpc) is 2.16. The van der Waals surface area contributed by atoms with Gasteiger partial charge in [-0.2, -0.15) is 0 Å². The van der Waals surface area contributed by atoms with E-state index in [1.165, 1.54) is 11.1 Å². The second-order valence-corrected chi connectivity index (χ2v) is 6.10. The van der Waals surface area contributed by atoms with Crippen LogP contribution in [0.2, 0.25) is 0 Å². The van der Waals surface area contributed by atoms with Crippen LogP contribution in [0.15, 0.2) is 24.3 Å². The molecule has 0 atom stereocenters. The van der Waals surface area contributed by atoms with Crippen molar-refractivity contribution in [2.45, 2.75) is 58.4 Å². The monoisotopic (exact) mass is 219 g/mol. The van der Waals surface area contributed by atoms with E-state index in [1.54, 1.807) is 0 Å². The molecule has 0 saturated heterocycles. The predicted molar refractivity (Wildman–Crippen MR) is 71.7 cm³/mol. The Kier molecular flexibility index (Phi) is 3.80. The van der Waals surface area contributed by atoms with E-state index in [-0.39, 0.29) is 11.0 Å². The topological polar surface area (TPSA) is 26.0 Å². The molecule has 16 heavy (non-hydrogen) atoms. The first kappa shape index (κ1) is 13.2. The minimum Gasteiger partial charge on any atom is -0.325 e. The summed E-state index contributed by atoms with van der Waals surface area (Å²) in [5.74, 6) is 0. The molecule has 0 saturated carbocycles. The summed E-state index contributed by atoms with van der Waals surface area (Å²) in [6, 6.07) is 8.90. The van der Waals surface area contributed by atoms with Crippen molar-refractivity contribution in [1.82, 2.24) is 0 Å². The molecule has 0 spiro atoms. The van der Waals surface area contributed by atoms with Crippen molar-refractivity contribution in [2.75, 3.05) is 0 Å². The van der Waals surface area contributed by atoms with Gasteiger partial charge in [-0.25, -0.2) is 0 Å². The molecule has 90 valence electrons. The fourth-order valence-electron chi connectivity index (χ4n) is 1.80. The summed E-state index contributed by atoms with van der Waals surface area (Å²) in [5, 5.41) is 0. The number of hydrogen-bond donors (Lipinski definition) is 1. The summed E-state index contributed by atoms with van der Waals surface area (Å²) in [5.41, 5.74) is 8.90. The zero-order valence-electron chi connectivity index (χ0n) is 11.3. The van der Waals surface area contributed by atoms with E-state index in [0.29, 0.717) is 0 Å². The first-order chi connectivity index (χ1) is 7.24. The standard InChI is InChI=1S/C15H25N/c1-6-14(2,3)13-9-7-12(8-10-13)11-15(4,5)16/h7-10H,6,11,16H2,1-5H3. The van der Waals surface area contributed by atoms with Crippen molar-refractivity contribution in [3.8, 4) is 0 Å². The van der Waals surface area contributed by atoms with Crippen molar-refractivity contribution < 1.29 is 0 Å². The van der Waals surface area contributed by atoms with Gasteiger partial charge in [0, 0.05) is 5.54 Å². The lowest BCUT2D eigenvalue weighted by Gasteiger charge is -2.24. The average molecular weight is 219 g/mol. The van der Waals surface area contributed by atoms with Crippen LogP contribution >= 0.6 is 0 Å². The van der Waals surface area contributed by atoms with Gasteiger partial charge >= 0.3 is 0 Å². The highest BCUT2D eigenvalue weighted by Gasteiger charge is 2.18. The van der Waals surface area contributed by atoms with Gasteiger partial charge in [-0.15, -0.1) is 0 Å².